The van der Waals surface area contributed by atoms with Crippen molar-refractivity contribution < 1.29 is 9.59 Å². The van der Waals surface area contributed by atoms with Gasteiger partial charge in [-0.3, -0.25) is 9.59 Å². The van der Waals surface area contributed by atoms with E-state index in [1.807, 2.05) is 60.7 Å². The highest BCUT2D eigenvalue weighted by atomic mass is 16.2. The summed E-state index contributed by atoms with van der Waals surface area (Å²) < 4.78 is 0. The van der Waals surface area contributed by atoms with E-state index < -0.39 is 0 Å². The Morgan fingerprint density at radius 2 is 1.35 bits per heavy atom. The third-order valence-electron chi connectivity index (χ3n) is 4.66. The molecule has 0 aliphatic rings. The topological polar surface area (TPSA) is 40.6 Å². The summed E-state index contributed by atoms with van der Waals surface area (Å²) in [6.07, 6.45) is 0.923. The van der Waals surface area contributed by atoms with Gasteiger partial charge in [0.1, 0.15) is 0 Å². The molecular formula is C22H28N2O2. The van der Waals surface area contributed by atoms with Crippen LogP contribution in [0.15, 0.2) is 60.7 Å². The van der Waals surface area contributed by atoms with Gasteiger partial charge in [0.05, 0.1) is 0 Å². The van der Waals surface area contributed by atoms with Crippen molar-refractivity contribution in [3.8, 4) is 0 Å². The molecule has 4 nitrogen and oxygen atoms in total. The molecule has 2 aromatic rings. The first-order valence-electron chi connectivity index (χ1n) is 8.90. The number of benzene rings is 2. The Kier molecular flexibility index (Phi) is 6.96. The van der Waals surface area contributed by atoms with E-state index >= 15 is 0 Å². The second-order valence-corrected chi connectivity index (χ2v) is 7.04. The highest BCUT2D eigenvalue weighted by Crippen LogP contribution is 2.32. The predicted octanol–water partition coefficient (Wildman–Crippen LogP) is 3.20. The van der Waals surface area contributed by atoms with Gasteiger partial charge < -0.3 is 9.80 Å². The molecule has 0 unspecified atom stereocenters. The molecule has 2 amide bonds. The fraction of sp³-hybridized carbons (Fsp3) is 0.364. The minimum atomic E-state index is -0.293. The maximum Gasteiger partial charge on any atom is 0.226 e. The van der Waals surface area contributed by atoms with E-state index in [0.29, 0.717) is 12.8 Å². The van der Waals surface area contributed by atoms with Crippen molar-refractivity contribution >= 4 is 11.8 Å². The van der Waals surface area contributed by atoms with Crippen LogP contribution in [0.2, 0.25) is 0 Å². The van der Waals surface area contributed by atoms with Crippen molar-refractivity contribution in [2.75, 3.05) is 28.2 Å². The maximum atomic E-state index is 13.0. The summed E-state index contributed by atoms with van der Waals surface area (Å²) in [5, 5.41) is 0. The molecule has 138 valence electrons. The molecule has 0 N–H and O–H groups in total. The number of rotatable bonds is 7. The molecular weight excluding hydrogens is 324 g/mol. The van der Waals surface area contributed by atoms with E-state index in [1.54, 1.807) is 38.0 Å². The van der Waals surface area contributed by atoms with Crippen LogP contribution < -0.4 is 0 Å². The van der Waals surface area contributed by atoms with Gasteiger partial charge >= 0.3 is 0 Å². The fourth-order valence-corrected chi connectivity index (χ4v) is 3.16. The zero-order valence-corrected chi connectivity index (χ0v) is 16.1. The van der Waals surface area contributed by atoms with Crippen LogP contribution in [0.5, 0.6) is 0 Å². The van der Waals surface area contributed by atoms with E-state index in [2.05, 4.69) is 0 Å². The Balaban J connectivity index is 2.42. The van der Waals surface area contributed by atoms with Gasteiger partial charge in [0.15, 0.2) is 0 Å². The van der Waals surface area contributed by atoms with E-state index in [9.17, 15) is 9.59 Å². The number of carbonyl (C=O) groups excluding carboxylic acids is 2. The highest BCUT2D eigenvalue weighted by Gasteiger charge is 2.32. The maximum absolute atomic E-state index is 13.0. The summed E-state index contributed by atoms with van der Waals surface area (Å²) in [5.41, 5.74) is 2.13. The van der Waals surface area contributed by atoms with E-state index in [4.69, 9.17) is 0 Å². The lowest BCUT2D eigenvalue weighted by Gasteiger charge is -2.29. The van der Waals surface area contributed by atoms with E-state index in [0.717, 1.165) is 11.1 Å². The molecule has 0 aromatic heterocycles. The first kappa shape index (κ1) is 19.7. The van der Waals surface area contributed by atoms with Crippen molar-refractivity contribution in [3.63, 3.8) is 0 Å². The minimum absolute atomic E-state index is 0.0310. The lowest BCUT2D eigenvalue weighted by atomic mass is 9.79. The summed E-state index contributed by atoms with van der Waals surface area (Å²) in [4.78, 5) is 28.7. The van der Waals surface area contributed by atoms with Crippen molar-refractivity contribution in [1.29, 1.82) is 0 Å². The second kappa shape index (κ2) is 9.18. The Bertz CT molecular complexity index is 711. The monoisotopic (exact) mass is 352 g/mol. The van der Waals surface area contributed by atoms with Gasteiger partial charge in [-0.25, -0.2) is 0 Å². The summed E-state index contributed by atoms with van der Waals surface area (Å²) in [6, 6.07) is 19.9. The van der Waals surface area contributed by atoms with Crippen molar-refractivity contribution in [2.24, 2.45) is 5.92 Å². The van der Waals surface area contributed by atoms with Crippen molar-refractivity contribution in [1.82, 2.24) is 9.80 Å². The van der Waals surface area contributed by atoms with Crippen LogP contribution in [-0.4, -0.2) is 49.8 Å². The standard InChI is InChI=1S/C22H28N2O2/c1-23(2)21(25)16-19(18-13-9-6-10-14-18)20(22(26)24(3)4)15-17-11-7-5-8-12-17/h5-14,19-20H,15-16H2,1-4H3/t19-,20+/m0/s1. The average molecular weight is 352 g/mol. The summed E-state index contributed by atoms with van der Waals surface area (Å²) in [7, 11) is 7.06. The van der Waals surface area contributed by atoms with Crippen molar-refractivity contribution in [3.05, 3.63) is 71.8 Å². The van der Waals surface area contributed by atoms with Gasteiger partial charge in [-0.15, -0.1) is 0 Å². The van der Waals surface area contributed by atoms with Gasteiger partial charge in [-0.05, 0) is 17.5 Å². The zero-order chi connectivity index (χ0) is 19.1. The largest absolute Gasteiger partial charge is 0.349 e. The highest BCUT2D eigenvalue weighted by molar-refractivity contribution is 5.82. The minimum Gasteiger partial charge on any atom is -0.349 e. The molecule has 0 saturated carbocycles. The molecule has 0 bridgehead atoms. The molecule has 0 spiro atoms. The normalized spacial score (nSPS) is 12.9. The number of hydrogen-bond acceptors (Lipinski definition) is 2. The van der Waals surface area contributed by atoms with Gasteiger partial charge in [-0.2, -0.15) is 0 Å². The van der Waals surface area contributed by atoms with Crippen LogP contribution in [-0.2, 0) is 16.0 Å². The molecule has 2 rings (SSSR count). The molecule has 4 heteroatoms. The van der Waals surface area contributed by atoms with Crippen molar-refractivity contribution in [2.45, 2.75) is 18.8 Å². The average Bonchev–Trinajstić information content (AvgIpc) is 2.65. The predicted molar refractivity (Wildman–Crippen MR) is 105 cm³/mol. The van der Waals surface area contributed by atoms with Gasteiger partial charge in [-0.1, -0.05) is 60.7 Å². The number of nitrogens with zero attached hydrogens (tertiary/aromatic N) is 2. The number of amides is 2. The Labute approximate surface area is 156 Å². The summed E-state index contributed by atoms with van der Waals surface area (Å²) >= 11 is 0. The van der Waals surface area contributed by atoms with Crippen LogP contribution >= 0.6 is 0 Å². The number of hydrogen-bond donors (Lipinski definition) is 0. The van der Waals surface area contributed by atoms with E-state index in [-0.39, 0.29) is 23.7 Å². The fourth-order valence-electron chi connectivity index (χ4n) is 3.16. The first-order chi connectivity index (χ1) is 12.4. The van der Waals surface area contributed by atoms with E-state index in [1.165, 1.54) is 0 Å². The molecule has 0 saturated heterocycles. The molecule has 26 heavy (non-hydrogen) atoms. The molecule has 0 aliphatic heterocycles. The van der Waals surface area contributed by atoms with Crippen LogP contribution in [0.3, 0.4) is 0 Å². The molecule has 2 atom stereocenters. The smallest absolute Gasteiger partial charge is 0.226 e. The third-order valence-corrected chi connectivity index (χ3v) is 4.66. The first-order valence-corrected chi connectivity index (χ1v) is 8.90. The molecule has 0 radical (unpaired) electrons. The molecule has 0 aliphatic carbocycles. The third kappa shape index (κ3) is 5.19. The zero-order valence-electron chi connectivity index (χ0n) is 16.1. The van der Waals surface area contributed by atoms with Gasteiger partial charge in [0, 0.05) is 46.4 Å². The summed E-state index contributed by atoms with van der Waals surface area (Å²) in [6.45, 7) is 0. The molecule has 0 fully saturated rings. The van der Waals surface area contributed by atoms with Crippen LogP contribution in [0.1, 0.15) is 23.5 Å². The van der Waals surface area contributed by atoms with Crippen LogP contribution in [0.4, 0.5) is 0 Å². The lowest BCUT2D eigenvalue weighted by molar-refractivity contribution is -0.135. The Hall–Kier alpha value is -2.62. The summed E-state index contributed by atoms with van der Waals surface area (Å²) in [5.74, 6) is -0.377. The lowest BCUT2D eigenvalue weighted by Crippen LogP contribution is -2.37. The van der Waals surface area contributed by atoms with Gasteiger partial charge in [0.25, 0.3) is 0 Å². The SMILES string of the molecule is CN(C)C(=O)C[C@@H](c1ccccc1)[C@@H](Cc1ccccc1)C(=O)N(C)C. The quantitative estimate of drug-likeness (QED) is 0.768. The Morgan fingerprint density at radius 1 is 0.808 bits per heavy atom. The molecule has 2 aromatic carbocycles. The Morgan fingerprint density at radius 3 is 1.85 bits per heavy atom. The molecule has 0 heterocycles. The van der Waals surface area contributed by atoms with Crippen LogP contribution in [0, 0.1) is 5.92 Å². The second-order valence-electron chi connectivity index (χ2n) is 7.04. The van der Waals surface area contributed by atoms with Crippen LogP contribution in [0.25, 0.3) is 0 Å². The number of carbonyl (C=O) groups is 2. The van der Waals surface area contributed by atoms with Gasteiger partial charge in [0.2, 0.25) is 11.8 Å².